The standard InChI is InChI=1S/C25H14Cl2N2O3S2/c26-20-16-8-1-3-10-18(16)33-22(20)24(30)29-28-13-14-6-5-7-15(12-14)32-25(31)23-21(27)17-9-2-4-11-19(17)34-23/h1-13H,(H,29,30)/b28-13-. The average Bonchev–Trinajstić information content (AvgIpc) is 3.37. The largest absolute Gasteiger partial charge is 0.422 e. The number of hydrogen-bond donors (Lipinski definition) is 1. The predicted molar refractivity (Wildman–Crippen MR) is 140 cm³/mol. The first-order valence-corrected chi connectivity index (χ1v) is 12.4. The molecule has 0 radical (unpaired) electrons. The van der Waals surface area contributed by atoms with Crippen LogP contribution in [0.1, 0.15) is 24.9 Å². The van der Waals surface area contributed by atoms with Gasteiger partial charge >= 0.3 is 5.97 Å². The van der Waals surface area contributed by atoms with Crippen LogP contribution in [-0.2, 0) is 0 Å². The van der Waals surface area contributed by atoms with Crippen LogP contribution >= 0.6 is 45.9 Å². The highest BCUT2D eigenvalue weighted by atomic mass is 35.5. The summed E-state index contributed by atoms with van der Waals surface area (Å²) in [7, 11) is 0. The van der Waals surface area contributed by atoms with E-state index in [4.69, 9.17) is 27.9 Å². The van der Waals surface area contributed by atoms with Crippen molar-refractivity contribution in [1.29, 1.82) is 0 Å². The Balaban J connectivity index is 1.28. The second kappa shape index (κ2) is 9.56. The summed E-state index contributed by atoms with van der Waals surface area (Å²) < 4.78 is 7.36. The fraction of sp³-hybridized carbons (Fsp3) is 0. The van der Waals surface area contributed by atoms with E-state index in [1.807, 2.05) is 48.5 Å². The second-order valence-corrected chi connectivity index (χ2v) is 10.0. The summed E-state index contributed by atoms with van der Waals surface area (Å²) in [4.78, 5) is 25.9. The Kier molecular flexibility index (Phi) is 6.34. The van der Waals surface area contributed by atoms with E-state index in [-0.39, 0.29) is 0 Å². The third-order valence-corrected chi connectivity index (χ3v) is 8.24. The first kappa shape index (κ1) is 22.6. The molecule has 0 aliphatic heterocycles. The van der Waals surface area contributed by atoms with Crippen molar-refractivity contribution in [2.75, 3.05) is 0 Å². The number of esters is 1. The lowest BCUT2D eigenvalue weighted by molar-refractivity contribution is 0.0740. The lowest BCUT2D eigenvalue weighted by Crippen LogP contribution is -2.16. The Bertz CT molecular complexity index is 1590. The van der Waals surface area contributed by atoms with E-state index in [0.29, 0.717) is 31.1 Å². The van der Waals surface area contributed by atoms with E-state index in [1.165, 1.54) is 28.9 Å². The molecule has 5 rings (SSSR count). The highest BCUT2D eigenvalue weighted by molar-refractivity contribution is 7.22. The number of ether oxygens (including phenoxy) is 1. The molecule has 1 N–H and O–H groups in total. The molecular weight excluding hydrogens is 511 g/mol. The van der Waals surface area contributed by atoms with Crippen LogP contribution in [0.15, 0.2) is 77.9 Å². The topological polar surface area (TPSA) is 67.8 Å². The molecule has 0 saturated carbocycles. The first-order chi connectivity index (χ1) is 16.5. The van der Waals surface area contributed by atoms with Gasteiger partial charge in [0, 0.05) is 20.2 Å². The van der Waals surface area contributed by atoms with Crippen molar-refractivity contribution < 1.29 is 14.3 Å². The number of carbonyl (C=O) groups is 2. The summed E-state index contributed by atoms with van der Waals surface area (Å²) >= 11 is 15.3. The Morgan fingerprint density at radius 3 is 2.12 bits per heavy atom. The number of amides is 1. The summed E-state index contributed by atoms with van der Waals surface area (Å²) in [6, 6.07) is 21.9. The smallest absolute Gasteiger partial charge is 0.355 e. The lowest BCUT2D eigenvalue weighted by atomic mass is 10.2. The molecule has 5 aromatic rings. The van der Waals surface area contributed by atoms with Gasteiger partial charge in [-0.1, -0.05) is 71.7 Å². The minimum Gasteiger partial charge on any atom is -0.422 e. The molecule has 3 aromatic carbocycles. The van der Waals surface area contributed by atoms with Gasteiger partial charge in [0.2, 0.25) is 0 Å². The third-order valence-electron chi connectivity index (χ3n) is 4.91. The maximum absolute atomic E-state index is 12.7. The molecule has 9 heteroatoms. The molecule has 34 heavy (non-hydrogen) atoms. The number of nitrogens with zero attached hydrogens (tertiary/aromatic N) is 1. The Morgan fingerprint density at radius 2 is 1.44 bits per heavy atom. The number of carbonyl (C=O) groups excluding carboxylic acids is 2. The molecule has 0 aliphatic carbocycles. The zero-order valence-electron chi connectivity index (χ0n) is 17.2. The van der Waals surface area contributed by atoms with Crippen LogP contribution in [-0.4, -0.2) is 18.1 Å². The van der Waals surface area contributed by atoms with E-state index >= 15 is 0 Å². The number of thiophene rings is 2. The zero-order chi connectivity index (χ0) is 23.7. The number of nitrogens with one attached hydrogen (secondary N) is 1. The molecular formula is C25H14Cl2N2O3S2. The van der Waals surface area contributed by atoms with Gasteiger partial charge in [-0.15, -0.1) is 22.7 Å². The Hall–Kier alpha value is -3.23. The maximum atomic E-state index is 12.7. The highest BCUT2D eigenvalue weighted by Gasteiger charge is 2.19. The van der Waals surface area contributed by atoms with Gasteiger partial charge in [0.1, 0.15) is 15.5 Å². The van der Waals surface area contributed by atoms with Crippen molar-refractivity contribution in [1.82, 2.24) is 5.43 Å². The minimum atomic E-state index is -0.534. The van der Waals surface area contributed by atoms with Gasteiger partial charge in [0.15, 0.2) is 0 Å². The van der Waals surface area contributed by atoms with Crippen molar-refractivity contribution in [2.45, 2.75) is 0 Å². The van der Waals surface area contributed by atoms with E-state index in [1.54, 1.807) is 24.3 Å². The number of rotatable bonds is 5. The summed E-state index contributed by atoms with van der Waals surface area (Å²) in [5.74, 6) is -0.598. The average molecular weight is 525 g/mol. The van der Waals surface area contributed by atoms with Crippen LogP contribution in [0.4, 0.5) is 0 Å². The van der Waals surface area contributed by atoms with Crippen LogP contribution in [0.25, 0.3) is 20.2 Å². The summed E-state index contributed by atoms with van der Waals surface area (Å²) in [5, 5.41) is 6.45. The molecule has 0 bridgehead atoms. The normalized spacial score (nSPS) is 11.4. The highest BCUT2D eigenvalue weighted by Crippen LogP contribution is 2.36. The minimum absolute atomic E-state index is 0.335. The van der Waals surface area contributed by atoms with Crippen LogP contribution in [0.5, 0.6) is 5.75 Å². The number of hydrazone groups is 1. The molecule has 0 spiro atoms. The van der Waals surface area contributed by atoms with Crippen molar-refractivity contribution in [3.05, 3.63) is 98.2 Å². The monoisotopic (exact) mass is 524 g/mol. The number of hydrogen-bond acceptors (Lipinski definition) is 6. The van der Waals surface area contributed by atoms with E-state index in [0.717, 1.165) is 20.2 Å². The fourth-order valence-electron chi connectivity index (χ4n) is 3.33. The molecule has 2 aromatic heterocycles. The Labute approximate surface area is 212 Å². The zero-order valence-corrected chi connectivity index (χ0v) is 20.4. The van der Waals surface area contributed by atoms with E-state index < -0.39 is 11.9 Å². The van der Waals surface area contributed by atoms with Gasteiger partial charge in [-0.05, 0) is 29.8 Å². The molecule has 0 atom stereocenters. The van der Waals surface area contributed by atoms with Crippen molar-refractivity contribution in [3.63, 3.8) is 0 Å². The second-order valence-electron chi connectivity index (χ2n) is 7.14. The van der Waals surface area contributed by atoms with Crippen molar-refractivity contribution in [2.24, 2.45) is 5.10 Å². The number of benzene rings is 3. The maximum Gasteiger partial charge on any atom is 0.355 e. The first-order valence-electron chi connectivity index (χ1n) is 10.0. The fourth-order valence-corrected chi connectivity index (χ4v) is 6.13. The predicted octanol–water partition coefficient (Wildman–Crippen LogP) is 7.41. The summed E-state index contributed by atoms with van der Waals surface area (Å²) in [6.07, 6.45) is 1.46. The molecule has 168 valence electrons. The van der Waals surface area contributed by atoms with Crippen LogP contribution in [0.3, 0.4) is 0 Å². The molecule has 0 aliphatic rings. The number of halogens is 2. The van der Waals surface area contributed by atoms with E-state index in [9.17, 15) is 9.59 Å². The van der Waals surface area contributed by atoms with Crippen molar-refractivity contribution >= 4 is 84.1 Å². The Morgan fingerprint density at radius 1 is 0.824 bits per heavy atom. The van der Waals surface area contributed by atoms with Gasteiger partial charge in [-0.2, -0.15) is 5.10 Å². The molecule has 0 fully saturated rings. The lowest BCUT2D eigenvalue weighted by Gasteiger charge is -2.04. The summed E-state index contributed by atoms with van der Waals surface area (Å²) in [5.41, 5.74) is 3.13. The third kappa shape index (κ3) is 4.43. The van der Waals surface area contributed by atoms with Gasteiger partial charge < -0.3 is 4.74 Å². The number of fused-ring (bicyclic) bond motifs is 2. The van der Waals surface area contributed by atoms with Gasteiger partial charge in [0.25, 0.3) is 5.91 Å². The molecule has 0 saturated heterocycles. The van der Waals surface area contributed by atoms with Gasteiger partial charge in [-0.25, -0.2) is 10.2 Å². The van der Waals surface area contributed by atoms with Crippen LogP contribution in [0, 0.1) is 0 Å². The van der Waals surface area contributed by atoms with Crippen LogP contribution < -0.4 is 10.2 Å². The quantitative estimate of drug-likeness (QED) is 0.113. The summed E-state index contributed by atoms with van der Waals surface area (Å²) in [6.45, 7) is 0. The van der Waals surface area contributed by atoms with E-state index in [2.05, 4.69) is 10.5 Å². The SMILES string of the molecule is O=C(N/N=C\c1cccc(OC(=O)c2sc3ccccc3c2Cl)c1)c1sc2ccccc2c1Cl. The molecule has 1 amide bonds. The molecule has 5 nitrogen and oxygen atoms in total. The molecule has 0 unspecified atom stereocenters. The van der Waals surface area contributed by atoms with Crippen LogP contribution in [0.2, 0.25) is 10.0 Å². The molecule has 2 heterocycles. The van der Waals surface area contributed by atoms with Gasteiger partial charge in [0.05, 0.1) is 16.3 Å². The van der Waals surface area contributed by atoms with Gasteiger partial charge in [-0.3, -0.25) is 4.79 Å². The van der Waals surface area contributed by atoms with Crippen molar-refractivity contribution in [3.8, 4) is 5.75 Å².